The lowest BCUT2D eigenvalue weighted by atomic mass is 10.1. The van der Waals surface area contributed by atoms with Crippen molar-refractivity contribution >= 4 is 17.3 Å². The highest BCUT2D eigenvalue weighted by Crippen LogP contribution is 2.28. The Balaban J connectivity index is 1.47. The van der Waals surface area contributed by atoms with Gasteiger partial charge in [0.1, 0.15) is 0 Å². The molecule has 0 atom stereocenters. The molecule has 1 amide bonds. The number of amides is 1. The summed E-state index contributed by atoms with van der Waals surface area (Å²) in [6.45, 7) is 4.04. The Kier molecular flexibility index (Phi) is 5.15. The van der Waals surface area contributed by atoms with Crippen molar-refractivity contribution in [2.24, 2.45) is 0 Å². The molecule has 0 bridgehead atoms. The molecule has 1 aromatic heterocycles. The number of aromatic nitrogens is 3. The molecule has 2 aromatic rings. The van der Waals surface area contributed by atoms with Crippen LogP contribution in [0.3, 0.4) is 0 Å². The number of anilines is 2. The molecular weight excluding hydrogens is 328 g/mol. The van der Waals surface area contributed by atoms with E-state index in [1.807, 2.05) is 22.9 Å². The van der Waals surface area contributed by atoms with E-state index in [2.05, 4.69) is 31.9 Å². The minimum atomic E-state index is -0.199. The summed E-state index contributed by atoms with van der Waals surface area (Å²) in [6.07, 6.45) is 7.49. The number of hydrogen-bond acceptors (Lipinski definition) is 5. The number of carbonyl (C=O) groups excluding carboxylic acids is 1. The van der Waals surface area contributed by atoms with Crippen LogP contribution in [0, 0.1) is 0 Å². The SMILES string of the molecule is O=C(Nc1ccccc1N1CCCCC1)c1cn(C2CCNCC2)nn1. The fourth-order valence-electron chi connectivity index (χ4n) is 3.81. The van der Waals surface area contributed by atoms with Gasteiger partial charge in [0, 0.05) is 13.1 Å². The van der Waals surface area contributed by atoms with Gasteiger partial charge in [-0.3, -0.25) is 4.79 Å². The summed E-state index contributed by atoms with van der Waals surface area (Å²) in [6, 6.07) is 8.33. The lowest BCUT2D eigenvalue weighted by Crippen LogP contribution is -2.30. The number of para-hydroxylation sites is 2. The molecule has 2 N–H and O–H groups in total. The third-order valence-corrected chi connectivity index (χ3v) is 5.27. The van der Waals surface area contributed by atoms with Crippen LogP contribution in [0.25, 0.3) is 0 Å². The van der Waals surface area contributed by atoms with Gasteiger partial charge in [-0.15, -0.1) is 5.10 Å². The second-order valence-corrected chi connectivity index (χ2v) is 7.08. The minimum absolute atomic E-state index is 0.199. The molecule has 2 saturated heterocycles. The second-order valence-electron chi connectivity index (χ2n) is 7.08. The molecule has 0 unspecified atom stereocenters. The Morgan fingerprint density at radius 1 is 1.12 bits per heavy atom. The van der Waals surface area contributed by atoms with Crippen molar-refractivity contribution in [2.75, 3.05) is 36.4 Å². The summed E-state index contributed by atoms with van der Waals surface area (Å²) in [5, 5.41) is 14.6. The first-order chi connectivity index (χ1) is 12.8. The average molecular weight is 354 g/mol. The number of nitrogens with one attached hydrogen (secondary N) is 2. The van der Waals surface area contributed by atoms with Crippen LogP contribution >= 0.6 is 0 Å². The zero-order valence-electron chi connectivity index (χ0n) is 15.0. The van der Waals surface area contributed by atoms with E-state index < -0.39 is 0 Å². The van der Waals surface area contributed by atoms with Crippen molar-refractivity contribution in [1.29, 1.82) is 0 Å². The van der Waals surface area contributed by atoms with Gasteiger partial charge < -0.3 is 15.5 Å². The van der Waals surface area contributed by atoms with E-state index in [-0.39, 0.29) is 5.91 Å². The van der Waals surface area contributed by atoms with Crippen molar-refractivity contribution in [3.05, 3.63) is 36.2 Å². The van der Waals surface area contributed by atoms with Crippen molar-refractivity contribution in [3.63, 3.8) is 0 Å². The zero-order chi connectivity index (χ0) is 17.8. The Labute approximate surface area is 153 Å². The highest BCUT2D eigenvalue weighted by Gasteiger charge is 2.20. The number of rotatable bonds is 4. The van der Waals surface area contributed by atoms with Crippen LogP contribution in [0.1, 0.15) is 48.6 Å². The largest absolute Gasteiger partial charge is 0.370 e. The van der Waals surface area contributed by atoms with Crippen molar-refractivity contribution in [2.45, 2.75) is 38.1 Å². The average Bonchev–Trinajstić information content (AvgIpc) is 3.20. The zero-order valence-corrected chi connectivity index (χ0v) is 15.0. The topological polar surface area (TPSA) is 75.1 Å². The van der Waals surface area contributed by atoms with Gasteiger partial charge in [-0.1, -0.05) is 17.3 Å². The highest BCUT2D eigenvalue weighted by atomic mass is 16.2. The normalized spacial score (nSPS) is 18.7. The van der Waals surface area contributed by atoms with E-state index >= 15 is 0 Å². The molecule has 7 nitrogen and oxygen atoms in total. The fourth-order valence-corrected chi connectivity index (χ4v) is 3.81. The molecule has 0 saturated carbocycles. The van der Waals surface area contributed by atoms with Crippen LogP contribution in [0.5, 0.6) is 0 Å². The minimum Gasteiger partial charge on any atom is -0.370 e. The van der Waals surface area contributed by atoms with Gasteiger partial charge in [-0.2, -0.15) is 0 Å². The molecule has 26 heavy (non-hydrogen) atoms. The standard InChI is InChI=1S/C19H26N6O/c26-19(17-14-25(23-22-17)15-8-10-20-11-9-15)21-16-6-2-3-7-18(16)24-12-4-1-5-13-24/h2-3,6-7,14-15,20H,1,4-5,8-13H2,(H,21,26). The molecule has 0 spiro atoms. The van der Waals surface area contributed by atoms with Crippen LogP contribution in [0.15, 0.2) is 30.5 Å². The fraction of sp³-hybridized carbons (Fsp3) is 0.526. The molecule has 4 rings (SSSR count). The van der Waals surface area contributed by atoms with Crippen LogP contribution in [0.4, 0.5) is 11.4 Å². The lowest BCUT2D eigenvalue weighted by Gasteiger charge is -2.30. The van der Waals surface area contributed by atoms with Gasteiger partial charge >= 0.3 is 0 Å². The maximum Gasteiger partial charge on any atom is 0.277 e. The van der Waals surface area contributed by atoms with Gasteiger partial charge in [-0.25, -0.2) is 4.68 Å². The summed E-state index contributed by atoms with van der Waals surface area (Å²) < 4.78 is 1.84. The van der Waals surface area contributed by atoms with E-state index in [0.717, 1.165) is 50.4 Å². The van der Waals surface area contributed by atoms with E-state index in [0.29, 0.717) is 11.7 Å². The molecule has 2 aliphatic rings. The molecule has 138 valence electrons. The summed E-state index contributed by atoms with van der Waals surface area (Å²) in [5.41, 5.74) is 2.30. The third kappa shape index (κ3) is 3.72. The first kappa shape index (κ1) is 17.0. The number of piperidine rings is 2. The van der Waals surface area contributed by atoms with Crippen LogP contribution in [-0.4, -0.2) is 47.1 Å². The number of nitrogens with zero attached hydrogens (tertiary/aromatic N) is 4. The maximum atomic E-state index is 12.7. The molecule has 0 radical (unpaired) electrons. The van der Waals surface area contributed by atoms with Gasteiger partial charge in [-0.05, 0) is 57.3 Å². The number of hydrogen-bond donors (Lipinski definition) is 2. The van der Waals surface area contributed by atoms with E-state index in [4.69, 9.17) is 0 Å². The van der Waals surface area contributed by atoms with Gasteiger partial charge in [0.15, 0.2) is 5.69 Å². The summed E-state index contributed by atoms with van der Waals surface area (Å²) in [7, 11) is 0. The highest BCUT2D eigenvalue weighted by molar-refractivity contribution is 6.04. The van der Waals surface area contributed by atoms with Crippen LogP contribution in [0.2, 0.25) is 0 Å². The third-order valence-electron chi connectivity index (χ3n) is 5.27. The molecule has 2 aliphatic heterocycles. The van der Waals surface area contributed by atoms with Crippen molar-refractivity contribution in [1.82, 2.24) is 20.3 Å². The Morgan fingerprint density at radius 3 is 2.69 bits per heavy atom. The summed E-state index contributed by atoms with van der Waals surface area (Å²) in [4.78, 5) is 15.0. The molecule has 7 heteroatoms. The van der Waals surface area contributed by atoms with Gasteiger partial charge in [0.2, 0.25) is 0 Å². The van der Waals surface area contributed by atoms with Crippen LogP contribution in [-0.2, 0) is 0 Å². The van der Waals surface area contributed by atoms with Crippen LogP contribution < -0.4 is 15.5 Å². The molecule has 0 aliphatic carbocycles. The number of benzene rings is 1. The first-order valence-electron chi connectivity index (χ1n) is 9.59. The maximum absolute atomic E-state index is 12.7. The summed E-state index contributed by atoms with van der Waals surface area (Å²) >= 11 is 0. The molecule has 1 aromatic carbocycles. The predicted molar refractivity (Wildman–Crippen MR) is 102 cm³/mol. The Morgan fingerprint density at radius 2 is 1.88 bits per heavy atom. The van der Waals surface area contributed by atoms with Crippen molar-refractivity contribution < 1.29 is 4.79 Å². The Bertz CT molecular complexity index is 746. The van der Waals surface area contributed by atoms with Crippen molar-refractivity contribution in [3.8, 4) is 0 Å². The Hall–Kier alpha value is -2.41. The van der Waals surface area contributed by atoms with E-state index in [9.17, 15) is 4.79 Å². The second kappa shape index (κ2) is 7.86. The first-order valence-corrected chi connectivity index (χ1v) is 9.59. The number of carbonyl (C=O) groups is 1. The quantitative estimate of drug-likeness (QED) is 0.882. The van der Waals surface area contributed by atoms with E-state index in [1.54, 1.807) is 6.20 Å². The molecular formula is C19H26N6O. The van der Waals surface area contributed by atoms with Gasteiger partial charge in [0.25, 0.3) is 5.91 Å². The van der Waals surface area contributed by atoms with E-state index in [1.165, 1.54) is 19.3 Å². The smallest absolute Gasteiger partial charge is 0.277 e. The van der Waals surface area contributed by atoms with Gasteiger partial charge in [0.05, 0.1) is 23.6 Å². The molecule has 2 fully saturated rings. The lowest BCUT2D eigenvalue weighted by molar-refractivity contribution is 0.102. The molecule has 3 heterocycles. The summed E-state index contributed by atoms with van der Waals surface area (Å²) in [5.74, 6) is -0.199. The monoisotopic (exact) mass is 354 g/mol. The predicted octanol–water partition coefficient (Wildman–Crippen LogP) is 2.45.